The molecule has 0 aliphatic rings. The van der Waals surface area contributed by atoms with Crippen molar-refractivity contribution in [2.45, 2.75) is 19.3 Å². The van der Waals surface area contributed by atoms with Crippen LogP contribution in [-0.2, 0) is 12.4 Å². The van der Waals surface area contributed by atoms with Crippen molar-refractivity contribution < 1.29 is 4.42 Å². The summed E-state index contributed by atoms with van der Waals surface area (Å²) in [5, 5.41) is 8.19. The monoisotopic (exact) mass is 251 g/mol. The van der Waals surface area contributed by atoms with Gasteiger partial charge in [0.25, 0.3) is 0 Å². The standard InChI is InChI=1S/C12H14ClN3O/c1-2-16(9-11-4-3-7-17-11)12-6-5-10(8-13)14-15-12/h3-7H,2,8-9H2,1H3. The summed E-state index contributed by atoms with van der Waals surface area (Å²) in [6.45, 7) is 3.61. The van der Waals surface area contributed by atoms with Gasteiger partial charge in [-0.15, -0.1) is 16.7 Å². The Labute approximate surface area is 105 Å². The lowest BCUT2D eigenvalue weighted by molar-refractivity contribution is 0.502. The molecule has 0 N–H and O–H groups in total. The first kappa shape index (κ1) is 11.9. The van der Waals surface area contributed by atoms with E-state index in [1.807, 2.05) is 24.3 Å². The van der Waals surface area contributed by atoms with Crippen LogP contribution in [0.1, 0.15) is 18.4 Å². The predicted octanol–water partition coefficient (Wildman–Crippen LogP) is 2.83. The molecule has 0 spiro atoms. The van der Waals surface area contributed by atoms with E-state index >= 15 is 0 Å². The molecule has 0 unspecified atom stereocenters. The van der Waals surface area contributed by atoms with Crippen molar-refractivity contribution >= 4 is 17.4 Å². The number of anilines is 1. The first-order valence-electron chi connectivity index (χ1n) is 5.49. The summed E-state index contributed by atoms with van der Waals surface area (Å²) in [5.41, 5.74) is 0.782. The van der Waals surface area contributed by atoms with E-state index in [-0.39, 0.29) is 0 Å². The minimum atomic E-state index is 0.386. The van der Waals surface area contributed by atoms with E-state index in [1.54, 1.807) is 6.26 Å². The Morgan fingerprint density at radius 2 is 2.18 bits per heavy atom. The second-order valence-electron chi connectivity index (χ2n) is 3.61. The maximum absolute atomic E-state index is 5.68. The fraction of sp³-hybridized carbons (Fsp3) is 0.333. The highest BCUT2D eigenvalue weighted by molar-refractivity contribution is 6.16. The van der Waals surface area contributed by atoms with E-state index < -0.39 is 0 Å². The van der Waals surface area contributed by atoms with Crippen LogP contribution < -0.4 is 4.90 Å². The van der Waals surface area contributed by atoms with Gasteiger partial charge in [-0.1, -0.05) is 0 Å². The second kappa shape index (κ2) is 5.68. The molecule has 0 aliphatic heterocycles. The Bertz CT molecular complexity index is 441. The summed E-state index contributed by atoms with van der Waals surface area (Å²) < 4.78 is 5.32. The van der Waals surface area contributed by atoms with Crippen LogP contribution >= 0.6 is 11.6 Å². The van der Waals surface area contributed by atoms with Crippen LogP contribution in [0.5, 0.6) is 0 Å². The van der Waals surface area contributed by atoms with Gasteiger partial charge in [0.1, 0.15) is 5.76 Å². The number of furan rings is 1. The van der Waals surface area contributed by atoms with Crippen LogP contribution in [0.4, 0.5) is 5.82 Å². The van der Waals surface area contributed by atoms with Gasteiger partial charge in [-0.3, -0.25) is 0 Å². The van der Waals surface area contributed by atoms with E-state index in [9.17, 15) is 0 Å². The average Bonchev–Trinajstić information content (AvgIpc) is 2.89. The van der Waals surface area contributed by atoms with Crippen LogP contribution in [0.3, 0.4) is 0 Å². The summed E-state index contributed by atoms with van der Waals surface area (Å²) in [5.74, 6) is 2.13. The van der Waals surface area contributed by atoms with Gasteiger partial charge in [0.15, 0.2) is 5.82 Å². The molecular formula is C12H14ClN3O. The minimum absolute atomic E-state index is 0.386. The zero-order valence-corrected chi connectivity index (χ0v) is 10.4. The van der Waals surface area contributed by atoms with Gasteiger partial charge in [0, 0.05) is 6.54 Å². The minimum Gasteiger partial charge on any atom is -0.467 e. The fourth-order valence-electron chi connectivity index (χ4n) is 1.54. The van der Waals surface area contributed by atoms with Gasteiger partial charge in [-0.2, -0.15) is 5.10 Å². The van der Waals surface area contributed by atoms with E-state index in [2.05, 4.69) is 22.0 Å². The van der Waals surface area contributed by atoms with Gasteiger partial charge in [-0.05, 0) is 31.2 Å². The third-order valence-corrected chi connectivity index (χ3v) is 2.75. The number of nitrogens with zero attached hydrogens (tertiary/aromatic N) is 3. The molecule has 0 fully saturated rings. The van der Waals surface area contributed by atoms with Crippen LogP contribution in [0, 0.1) is 0 Å². The predicted molar refractivity (Wildman–Crippen MR) is 67.0 cm³/mol. The van der Waals surface area contributed by atoms with Crippen molar-refractivity contribution in [2.75, 3.05) is 11.4 Å². The Kier molecular flexibility index (Phi) is 3.98. The van der Waals surface area contributed by atoms with Gasteiger partial charge in [0.05, 0.1) is 24.4 Å². The molecule has 0 bridgehead atoms. The Morgan fingerprint density at radius 3 is 2.71 bits per heavy atom. The summed E-state index contributed by atoms with van der Waals surface area (Å²) in [4.78, 5) is 2.09. The van der Waals surface area contributed by atoms with Gasteiger partial charge in [0.2, 0.25) is 0 Å². The molecule has 0 saturated carbocycles. The Hall–Kier alpha value is -1.55. The highest BCUT2D eigenvalue weighted by atomic mass is 35.5. The Balaban J connectivity index is 2.11. The lowest BCUT2D eigenvalue weighted by Gasteiger charge is -2.19. The maximum atomic E-state index is 5.68. The molecular weight excluding hydrogens is 238 g/mol. The normalized spacial score (nSPS) is 10.5. The zero-order valence-electron chi connectivity index (χ0n) is 9.64. The quantitative estimate of drug-likeness (QED) is 0.767. The molecule has 2 rings (SSSR count). The van der Waals surface area contributed by atoms with Crippen molar-refractivity contribution in [1.29, 1.82) is 0 Å². The lowest BCUT2D eigenvalue weighted by Crippen LogP contribution is -2.23. The van der Waals surface area contributed by atoms with Crippen LogP contribution in [0.2, 0.25) is 0 Å². The molecule has 17 heavy (non-hydrogen) atoms. The molecule has 4 nitrogen and oxygen atoms in total. The van der Waals surface area contributed by atoms with E-state index in [0.29, 0.717) is 12.4 Å². The summed E-state index contributed by atoms with van der Waals surface area (Å²) in [7, 11) is 0. The zero-order chi connectivity index (χ0) is 12.1. The molecule has 0 radical (unpaired) electrons. The molecule has 0 atom stereocenters. The van der Waals surface area contributed by atoms with Crippen molar-refractivity contribution in [3.8, 4) is 0 Å². The van der Waals surface area contributed by atoms with E-state index in [4.69, 9.17) is 16.0 Å². The van der Waals surface area contributed by atoms with Crippen molar-refractivity contribution in [3.05, 3.63) is 42.0 Å². The van der Waals surface area contributed by atoms with E-state index in [0.717, 1.165) is 23.8 Å². The van der Waals surface area contributed by atoms with Gasteiger partial charge >= 0.3 is 0 Å². The molecule has 2 aromatic heterocycles. The largest absolute Gasteiger partial charge is 0.467 e. The number of rotatable bonds is 5. The Morgan fingerprint density at radius 1 is 1.29 bits per heavy atom. The van der Waals surface area contributed by atoms with Crippen molar-refractivity contribution in [1.82, 2.24) is 10.2 Å². The summed E-state index contributed by atoms with van der Waals surface area (Å²) in [6, 6.07) is 7.64. The third kappa shape index (κ3) is 2.97. The van der Waals surface area contributed by atoms with Crippen molar-refractivity contribution in [3.63, 3.8) is 0 Å². The fourth-order valence-corrected chi connectivity index (χ4v) is 1.68. The first-order valence-corrected chi connectivity index (χ1v) is 6.03. The van der Waals surface area contributed by atoms with Crippen LogP contribution in [0.25, 0.3) is 0 Å². The van der Waals surface area contributed by atoms with Gasteiger partial charge < -0.3 is 9.32 Å². The topological polar surface area (TPSA) is 42.2 Å². The SMILES string of the molecule is CCN(Cc1ccco1)c1ccc(CCl)nn1. The molecule has 0 amide bonds. The maximum Gasteiger partial charge on any atom is 0.151 e. The molecule has 0 saturated heterocycles. The number of aromatic nitrogens is 2. The smallest absolute Gasteiger partial charge is 0.151 e. The average molecular weight is 252 g/mol. The second-order valence-corrected chi connectivity index (χ2v) is 3.88. The highest BCUT2D eigenvalue weighted by Crippen LogP contribution is 2.14. The molecule has 5 heteroatoms. The van der Waals surface area contributed by atoms with Crippen LogP contribution in [-0.4, -0.2) is 16.7 Å². The molecule has 0 aromatic carbocycles. The number of hydrogen-bond donors (Lipinski definition) is 0. The molecule has 0 aliphatic carbocycles. The van der Waals surface area contributed by atoms with Gasteiger partial charge in [-0.25, -0.2) is 0 Å². The number of hydrogen-bond acceptors (Lipinski definition) is 4. The molecule has 2 heterocycles. The lowest BCUT2D eigenvalue weighted by atomic mass is 10.3. The summed E-state index contributed by atoms with van der Waals surface area (Å²) in [6.07, 6.45) is 1.67. The highest BCUT2D eigenvalue weighted by Gasteiger charge is 2.08. The third-order valence-electron chi connectivity index (χ3n) is 2.48. The summed E-state index contributed by atoms with van der Waals surface area (Å²) >= 11 is 5.68. The first-order chi connectivity index (χ1) is 8.33. The molecule has 90 valence electrons. The number of alkyl halides is 1. The van der Waals surface area contributed by atoms with E-state index in [1.165, 1.54) is 0 Å². The van der Waals surface area contributed by atoms with Crippen molar-refractivity contribution in [2.24, 2.45) is 0 Å². The number of halogens is 1. The van der Waals surface area contributed by atoms with Crippen LogP contribution in [0.15, 0.2) is 34.9 Å². The molecule has 2 aromatic rings.